The van der Waals surface area contributed by atoms with Gasteiger partial charge in [0, 0.05) is 25.7 Å². The van der Waals surface area contributed by atoms with E-state index in [4.69, 9.17) is 37.0 Å². The van der Waals surface area contributed by atoms with Crippen molar-refractivity contribution in [2.75, 3.05) is 39.6 Å². The van der Waals surface area contributed by atoms with Gasteiger partial charge >= 0.3 is 39.5 Å². The van der Waals surface area contributed by atoms with Crippen LogP contribution in [0.5, 0.6) is 0 Å². The second kappa shape index (κ2) is 74.5. The van der Waals surface area contributed by atoms with Crippen molar-refractivity contribution in [3.8, 4) is 0 Å². The van der Waals surface area contributed by atoms with E-state index in [1.54, 1.807) is 0 Å². The minimum Gasteiger partial charge on any atom is -0.462 e. The molecule has 0 amide bonds. The average molecular weight is 1490 g/mol. The fourth-order valence-corrected chi connectivity index (χ4v) is 14.5. The van der Waals surface area contributed by atoms with Crippen LogP contribution in [0.2, 0.25) is 0 Å². The van der Waals surface area contributed by atoms with Gasteiger partial charge in [-0.15, -0.1) is 0 Å². The van der Waals surface area contributed by atoms with Crippen LogP contribution in [0, 0.1) is 11.8 Å². The van der Waals surface area contributed by atoms with Gasteiger partial charge in [0.1, 0.15) is 19.3 Å². The number of ether oxygens (including phenoxy) is 4. The highest BCUT2D eigenvalue weighted by Gasteiger charge is 2.30. The molecule has 0 saturated heterocycles. The Morgan fingerprint density at radius 3 is 0.667 bits per heavy atom. The van der Waals surface area contributed by atoms with E-state index in [9.17, 15) is 43.2 Å². The van der Waals surface area contributed by atoms with Crippen LogP contribution in [0.4, 0.5) is 0 Å². The van der Waals surface area contributed by atoms with Crippen LogP contribution >= 0.6 is 15.6 Å². The molecule has 0 aromatic heterocycles. The number of aliphatic hydroxyl groups excluding tert-OH is 1. The van der Waals surface area contributed by atoms with Crippen molar-refractivity contribution < 1.29 is 80.2 Å². The van der Waals surface area contributed by atoms with E-state index >= 15 is 0 Å². The number of unbranched alkanes of at least 4 members (excludes halogenated alkanes) is 52. The lowest BCUT2D eigenvalue weighted by molar-refractivity contribution is -0.161. The van der Waals surface area contributed by atoms with Crippen LogP contribution in [-0.2, 0) is 65.4 Å². The van der Waals surface area contributed by atoms with Crippen molar-refractivity contribution in [3.63, 3.8) is 0 Å². The molecule has 0 bridgehead atoms. The third-order valence-electron chi connectivity index (χ3n) is 19.5. The fraction of sp³-hybridized carbons (Fsp3) is 0.952. The molecule has 0 saturated carbocycles. The highest BCUT2D eigenvalue weighted by molar-refractivity contribution is 7.47. The first-order chi connectivity index (χ1) is 49.4. The maximum absolute atomic E-state index is 13.1. The topological polar surface area (TPSA) is 237 Å². The molecule has 0 fully saturated rings. The third kappa shape index (κ3) is 76.3. The largest absolute Gasteiger partial charge is 0.472 e. The zero-order chi connectivity index (χ0) is 74.9. The molecule has 606 valence electrons. The number of hydrogen-bond donors (Lipinski definition) is 3. The van der Waals surface area contributed by atoms with Gasteiger partial charge in [0.15, 0.2) is 12.2 Å². The quantitative estimate of drug-likeness (QED) is 0.0222. The Morgan fingerprint density at radius 1 is 0.265 bits per heavy atom. The predicted molar refractivity (Wildman–Crippen MR) is 418 cm³/mol. The molecule has 0 radical (unpaired) electrons. The molecule has 17 nitrogen and oxygen atoms in total. The van der Waals surface area contributed by atoms with Crippen LogP contribution in [0.1, 0.15) is 440 Å². The van der Waals surface area contributed by atoms with Gasteiger partial charge < -0.3 is 33.8 Å². The maximum Gasteiger partial charge on any atom is 0.472 e. The fourth-order valence-electron chi connectivity index (χ4n) is 12.9. The summed E-state index contributed by atoms with van der Waals surface area (Å²) >= 11 is 0. The molecule has 0 spiro atoms. The van der Waals surface area contributed by atoms with Gasteiger partial charge in [-0.3, -0.25) is 37.3 Å². The molecule has 102 heavy (non-hydrogen) atoms. The normalized spacial score (nSPS) is 13.9. The first kappa shape index (κ1) is 100. The number of esters is 4. The van der Waals surface area contributed by atoms with Gasteiger partial charge in [0.2, 0.25) is 0 Å². The third-order valence-corrected chi connectivity index (χ3v) is 21.4. The Hall–Kier alpha value is -1.94. The highest BCUT2D eigenvalue weighted by Crippen LogP contribution is 2.45. The van der Waals surface area contributed by atoms with Gasteiger partial charge in [0.05, 0.1) is 26.4 Å². The van der Waals surface area contributed by atoms with Crippen molar-refractivity contribution in [1.29, 1.82) is 0 Å². The van der Waals surface area contributed by atoms with Crippen LogP contribution in [0.3, 0.4) is 0 Å². The van der Waals surface area contributed by atoms with Crippen LogP contribution in [-0.4, -0.2) is 96.7 Å². The number of hydrogen-bond acceptors (Lipinski definition) is 15. The molecule has 0 aromatic rings. The minimum absolute atomic E-state index is 0.106. The molecule has 0 aliphatic heterocycles. The number of rotatable bonds is 82. The van der Waals surface area contributed by atoms with Crippen LogP contribution < -0.4 is 0 Å². The monoisotopic (exact) mass is 1490 g/mol. The Balaban J connectivity index is 5.23. The summed E-state index contributed by atoms with van der Waals surface area (Å²) < 4.78 is 68.8. The number of carbonyl (C=O) groups is 4. The Bertz CT molecular complexity index is 1960. The maximum atomic E-state index is 13.1. The summed E-state index contributed by atoms with van der Waals surface area (Å²) in [6, 6.07) is 0. The molecule has 19 heteroatoms. The summed E-state index contributed by atoms with van der Waals surface area (Å²) in [6.45, 7) is 9.67. The first-order valence-corrected chi connectivity index (χ1v) is 46.0. The summed E-state index contributed by atoms with van der Waals surface area (Å²) in [7, 11) is -9.92. The summed E-state index contributed by atoms with van der Waals surface area (Å²) in [5.74, 6) is -0.533. The average Bonchev–Trinajstić information content (AvgIpc) is 0.926. The standard InChI is InChI=1S/C83H162O17P2/c1-7-9-11-13-15-17-19-20-21-24-28-31-35-42-48-54-60-66-81(86)94-72-78(99-82(87)67-61-55-49-43-36-32-29-26-23-22-25-27-30-34-39-45-51-57-63-75(3)4)73-97-101(89,90)95-69-77(84)70-96-102(91,92)98-74-79(71-93-80(85)65-59-53-47-41-33-18-16-14-12-10-8-2)100-83(88)68-62-56-50-44-38-37-40-46-52-58-64-76(5)6/h75-79,84H,7-74H2,1-6H3,(H,89,90)(H,91,92)/t77-,78-,79-/m1/s1. The molecule has 0 aliphatic rings. The lowest BCUT2D eigenvalue weighted by atomic mass is 10.0. The summed E-state index contributed by atoms with van der Waals surface area (Å²) in [6.07, 6.45) is 65.2. The van der Waals surface area contributed by atoms with Crippen molar-refractivity contribution in [3.05, 3.63) is 0 Å². The first-order valence-electron chi connectivity index (χ1n) is 43.0. The van der Waals surface area contributed by atoms with Gasteiger partial charge in [-0.1, -0.05) is 388 Å². The van der Waals surface area contributed by atoms with E-state index in [2.05, 4.69) is 41.5 Å². The van der Waals surface area contributed by atoms with Crippen molar-refractivity contribution >= 4 is 39.5 Å². The SMILES string of the molecule is CCCCCCCCCCCCCCCCCCCC(=O)OC[C@H](COP(=O)(O)OC[C@@H](O)COP(=O)(O)OC[C@@H](COC(=O)CCCCCCCCCCCCC)OC(=O)CCCCCCCCCCCCC(C)C)OC(=O)CCCCCCCCCCCCCCCCCCCCC(C)C. The summed E-state index contributed by atoms with van der Waals surface area (Å²) in [5.41, 5.74) is 0. The molecule has 0 heterocycles. The van der Waals surface area contributed by atoms with Crippen LogP contribution in [0.15, 0.2) is 0 Å². The molecule has 5 atom stereocenters. The zero-order valence-electron chi connectivity index (χ0n) is 66.9. The lowest BCUT2D eigenvalue weighted by Crippen LogP contribution is -2.30. The van der Waals surface area contributed by atoms with Crippen molar-refractivity contribution in [2.45, 2.75) is 458 Å². The van der Waals surface area contributed by atoms with Gasteiger partial charge in [-0.25, -0.2) is 9.13 Å². The Morgan fingerprint density at radius 2 is 0.451 bits per heavy atom. The van der Waals surface area contributed by atoms with E-state index in [-0.39, 0.29) is 25.7 Å². The van der Waals surface area contributed by atoms with E-state index in [1.807, 2.05) is 0 Å². The number of phosphoric acid groups is 2. The number of phosphoric ester groups is 2. The molecule has 0 rings (SSSR count). The summed E-state index contributed by atoms with van der Waals surface area (Å²) in [5, 5.41) is 10.7. The molecule has 3 N–H and O–H groups in total. The lowest BCUT2D eigenvalue weighted by Gasteiger charge is -2.21. The highest BCUT2D eigenvalue weighted by atomic mass is 31.2. The number of aliphatic hydroxyl groups is 1. The van der Waals surface area contributed by atoms with Gasteiger partial charge in [-0.05, 0) is 37.5 Å². The van der Waals surface area contributed by atoms with E-state index in [0.29, 0.717) is 25.7 Å². The smallest absolute Gasteiger partial charge is 0.462 e. The second-order valence-electron chi connectivity index (χ2n) is 30.8. The Labute approximate surface area is 626 Å². The number of carbonyl (C=O) groups excluding carboxylic acids is 4. The molecule has 0 aliphatic carbocycles. The molecule has 2 unspecified atom stereocenters. The Kier molecular flexibility index (Phi) is 73.1. The second-order valence-corrected chi connectivity index (χ2v) is 33.7. The zero-order valence-corrected chi connectivity index (χ0v) is 68.7. The minimum atomic E-state index is -4.96. The van der Waals surface area contributed by atoms with E-state index in [1.165, 1.54) is 257 Å². The van der Waals surface area contributed by atoms with Gasteiger partial charge in [0.25, 0.3) is 0 Å². The van der Waals surface area contributed by atoms with Crippen molar-refractivity contribution in [1.82, 2.24) is 0 Å². The predicted octanol–water partition coefficient (Wildman–Crippen LogP) is 25.1. The molecular weight excluding hydrogens is 1330 g/mol. The summed E-state index contributed by atoms with van der Waals surface area (Å²) in [4.78, 5) is 73.1. The van der Waals surface area contributed by atoms with Gasteiger partial charge in [-0.2, -0.15) is 0 Å². The van der Waals surface area contributed by atoms with Crippen LogP contribution in [0.25, 0.3) is 0 Å². The van der Waals surface area contributed by atoms with Crippen molar-refractivity contribution in [2.24, 2.45) is 11.8 Å². The molecule has 0 aromatic carbocycles. The van der Waals surface area contributed by atoms with E-state index < -0.39 is 97.5 Å². The molecular formula is C83H162O17P2. The van der Waals surface area contributed by atoms with E-state index in [0.717, 1.165) is 102 Å².